The average molecular weight is 423 g/mol. The summed E-state index contributed by atoms with van der Waals surface area (Å²) in [5.41, 5.74) is 10.3. The highest BCUT2D eigenvalue weighted by molar-refractivity contribution is 6.15. The van der Waals surface area contributed by atoms with E-state index >= 15 is 0 Å². The van der Waals surface area contributed by atoms with Gasteiger partial charge in [-0.1, -0.05) is 91.0 Å². The zero-order chi connectivity index (χ0) is 22.3. The number of ketones is 1. The molecule has 4 rings (SSSR count). The molecule has 1 amide bonds. The Morgan fingerprint density at radius 2 is 1.22 bits per heavy atom. The predicted molar refractivity (Wildman–Crippen MR) is 129 cm³/mol. The lowest BCUT2D eigenvalue weighted by Gasteiger charge is -2.32. The molecular formula is C28H26N2O2. The van der Waals surface area contributed by atoms with Crippen LogP contribution in [0.4, 0.5) is 0 Å². The number of benzene rings is 3. The minimum atomic E-state index is -0.665. The molecular weight excluding hydrogens is 396 g/mol. The van der Waals surface area contributed by atoms with Crippen molar-refractivity contribution in [3.63, 3.8) is 0 Å². The first-order valence-corrected chi connectivity index (χ1v) is 10.7. The van der Waals surface area contributed by atoms with Crippen molar-refractivity contribution < 1.29 is 9.59 Å². The van der Waals surface area contributed by atoms with Gasteiger partial charge in [-0.05, 0) is 35.3 Å². The normalized spacial score (nSPS) is 17.5. The van der Waals surface area contributed by atoms with E-state index in [0.29, 0.717) is 17.6 Å². The first kappa shape index (κ1) is 21.5. The molecule has 4 nitrogen and oxygen atoms in total. The standard InChI is InChI=1S/C28H26N2O2/c29-26(18-23-14-8-3-9-15-23)28(32)30-19-24(16-21-10-4-1-5-11-21)27(31)25(20-30)17-22-12-6-2-7-13-22/h1-17,26H,18-20,29H2/b24-16+,25-17+/t26-/m0/s1. The third kappa shape index (κ3) is 5.29. The Kier molecular flexibility index (Phi) is 6.73. The van der Waals surface area contributed by atoms with Crippen LogP contribution in [-0.2, 0) is 16.0 Å². The highest BCUT2D eigenvalue weighted by Crippen LogP contribution is 2.23. The molecule has 3 aromatic rings. The van der Waals surface area contributed by atoms with Crippen molar-refractivity contribution >= 4 is 23.8 Å². The van der Waals surface area contributed by atoms with Crippen LogP contribution < -0.4 is 5.73 Å². The zero-order valence-electron chi connectivity index (χ0n) is 17.9. The van der Waals surface area contributed by atoms with Crippen LogP contribution in [0.15, 0.2) is 102 Å². The lowest BCUT2D eigenvalue weighted by molar-refractivity contribution is -0.132. The second-order valence-corrected chi connectivity index (χ2v) is 7.98. The molecule has 1 aliphatic rings. The summed E-state index contributed by atoms with van der Waals surface area (Å²) in [5, 5.41) is 0. The van der Waals surface area contributed by atoms with Crippen molar-refractivity contribution in [1.29, 1.82) is 0 Å². The fourth-order valence-corrected chi connectivity index (χ4v) is 3.89. The SMILES string of the molecule is N[C@@H](Cc1ccccc1)C(=O)N1C/C(=C\c2ccccc2)C(=O)/C(=C/c2ccccc2)C1. The van der Waals surface area contributed by atoms with Gasteiger partial charge in [0.15, 0.2) is 5.78 Å². The van der Waals surface area contributed by atoms with Crippen molar-refractivity contribution in [1.82, 2.24) is 4.90 Å². The summed E-state index contributed by atoms with van der Waals surface area (Å²) < 4.78 is 0. The molecule has 0 saturated carbocycles. The van der Waals surface area contributed by atoms with Crippen molar-refractivity contribution in [2.45, 2.75) is 12.5 Å². The van der Waals surface area contributed by atoms with Crippen molar-refractivity contribution in [2.75, 3.05) is 13.1 Å². The molecule has 2 N–H and O–H groups in total. The van der Waals surface area contributed by atoms with Gasteiger partial charge >= 0.3 is 0 Å². The van der Waals surface area contributed by atoms with E-state index < -0.39 is 6.04 Å². The summed E-state index contributed by atoms with van der Waals surface area (Å²) >= 11 is 0. The lowest BCUT2D eigenvalue weighted by Crippen LogP contribution is -2.49. The van der Waals surface area contributed by atoms with Crippen molar-refractivity contribution in [3.05, 3.63) is 119 Å². The van der Waals surface area contributed by atoms with Gasteiger partial charge in [0.25, 0.3) is 0 Å². The smallest absolute Gasteiger partial charge is 0.240 e. The van der Waals surface area contributed by atoms with Crippen LogP contribution in [0.1, 0.15) is 16.7 Å². The molecule has 1 heterocycles. The Hall–Kier alpha value is -3.76. The number of nitrogens with zero attached hydrogens (tertiary/aromatic N) is 1. The molecule has 0 aromatic heterocycles. The Balaban J connectivity index is 1.63. The molecule has 160 valence electrons. The predicted octanol–water partition coefficient (Wildman–Crippen LogP) is 4.13. The van der Waals surface area contributed by atoms with Crippen LogP contribution in [0.2, 0.25) is 0 Å². The van der Waals surface area contributed by atoms with Crippen LogP contribution in [-0.4, -0.2) is 35.7 Å². The summed E-state index contributed by atoms with van der Waals surface area (Å²) in [6.07, 6.45) is 4.19. The largest absolute Gasteiger partial charge is 0.332 e. The first-order chi connectivity index (χ1) is 15.6. The van der Waals surface area contributed by atoms with E-state index in [2.05, 4.69) is 0 Å². The molecule has 0 spiro atoms. The Bertz CT molecular complexity index is 1070. The number of hydrogen-bond acceptors (Lipinski definition) is 3. The highest BCUT2D eigenvalue weighted by Gasteiger charge is 2.31. The summed E-state index contributed by atoms with van der Waals surface area (Å²) in [6.45, 7) is 0.502. The number of carbonyl (C=O) groups is 2. The molecule has 1 atom stereocenters. The minimum absolute atomic E-state index is 0.0293. The molecule has 1 saturated heterocycles. The van der Waals surface area contributed by atoms with E-state index in [1.807, 2.05) is 103 Å². The second-order valence-electron chi connectivity index (χ2n) is 7.98. The van der Waals surface area contributed by atoms with Crippen LogP contribution in [0, 0.1) is 0 Å². The Morgan fingerprint density at radius 3 is 1.69 bits per heavy atom. The fraction of sp³-hybridized carbons (Fsp3) is 0.143. The van der Waals surface area contributed by atoms with Gasteiger partial charge in [0.1, 0.15) is 0 Å². The van der Waals surface area contributed by atoms with Gasteiger partial charge in [0.2, 0.25) is 5.91 Å². The molecule has 1 aliphatic heterocycles. The maximum absolute atomic E-state index is 13.3. The van der Waals surface area contributed by atoms with Crippen molar-refractivity contribution in [3.8, 4) is 0 Å². The van der Waals surface area contributed by atoms with Gasteiger partial charge in [-0.15, -0.1) is 0 Å². The third-order valence-corrected chi connectivity index (χ3v) is 5.51. The molecule has 3 aromatic carbocycles. The van der Waals surface area contributed by atoms with Crippen molar-refractivity contribution in [2.24, 2.45) is 5.73 Å². The van der Waals surface area contributed by atoms with E-state index in [0.717, 1.165) is 16.7 Å². The average Bonchev–Trinajstić information content (AvgIpc) is 2.83. The zero-order valence-corrected chi connectivity index (χ0v) is 17.9. The molecule has 0 aliphatic carbocycles. The summed E-state index contributed by atoms with van der Waals surface area (Å²) in [7, 11) is 0. The molecule has 0 unspecified atom stereocenters. The van der Waals surface area contributed by atoms with E-state index in [1.165, 1.54) is 0 Å². The van der Waals surface area contributed by atoms with Gasteiger partial charge in [-0.3, -0.25) is 9.59 Å². The molecule has 1 fully saturated rings. The second kappa shape index (κ2) is 10.0. The van der Waals surface area contributed by atoms with E-state index in [-0.39, 0.29) is 24.8 Å². The van der Waals surface area contributed by atoms with Gasteiger partial charge in [-0.2, -0.15) is 0 Å². The quantitative estimate of drug-likeness (QED) is 0.629. The first-order valence-electron chi connectivity index (χ1n) is 10.7. The molecule has 4 heteroatoms. The topological polar surface area (TPSA) is 63.4 Å². The van der Waals surface area contributed by atoms with Gasteiger partial charge in [0, 0.05) is 24.2 Å². The summed E-state index contributed by atoms with van der Waals surface area (Å²) in [4.78, 5) is 28.2. The number of nitrogens with two attached hydrogens (primary N) is 1. The van der Waals surface area contributed by atoms with Crippen LogP contribution in [0.25, 0.3) is 12.2 Å². The number of rotatable bonds is 5. The Labute approximate surface area is 188 Å². The maximum atomic E-state index is 13.3. The van der Waals surface area contributed by atoms with Crippen LogP contribution >= 0.6 is 0 Å². The van der Waals surface area contributed by atoms with Crippen LogP contribution in [0.3, 0.4) is 0 Å². The van der Waals surface area contributed by atoms with E-state index in [1.54, 1.807) is 4.90 Å². The number of hydrogen-bond donors (Lipinski definition) is 1. The monoisotopic (exact) mass is 422 g/mol. The lowest BCUT2D eigenvalue weighted by atomic mass is 9.93. The maximum Gasteiger partial charge on any atom is 0.240 e. The Morgan fingerprint density at radius 1 is 0.781 bits per heavy atom. The summed E-state index contributed by atoms with van der Waals surface area (Å²) in [6, 6.07) is 28.5. The van der Waals surface area contributed by atoms with Gasteiger partial charge in [0.05, 0.1) is 6.04 Å². The molecule has 0 radical (unpaired) electrons. The number of piperidine rings is 1. The van der Waals surface area contributed by atoms with E-state index in [4.69, 9.17) is 5.73 Å². The number of amides is 1. The van der Waals surface area contributed by atoms with E-state index in [9.17, 15) is 9.59 Å². The highest BCUT2D eigenvalue weighted by atomic mass is 16.2. The third-order valence-electron chi connectivity index (χ3n) is 5.51. The van der Waals surface area contributed by atoms with Gasteiger partial charge in [-0.25, -0.2) is 0 Å². The minimum Gasteiger partial charge on any atom is -0.332 e. The van der Waals surface area contributed by atoms with Gasteiger partial charge < -0.3 is 10.6 Å². The fourth-order valence-electron chi connectivity index (χ4n) is 3.89. The van der Waals surface area contributed by atoms with Crippen LogP contribution in [0.5, 0.6) is 0 Å². The molecule has 32 heavy (non-hydrogen) atoms. The molecule has 0 bridgehead atoms. The number of likely N-dealkylation sites (tertiary alicyclic amines) is 1. The summed E-state index contributed by atoms with van der Waals surface area (Å²) in [5.74, 6) is -0.183. The number of Topliss-reactive ketones (excluding diaryl/α,β-unsaturated/α-hetero) is 1. The number of carbonyl (C=O) groups excluding carboxylic acids is 2.